The molecule has 82 valence electrons. The second-order valence-corrected chi connectivity index (χ2v) is 5.26. The Balaban J connectivity index is 2.28. The first-order valence-corrected chi connectivity index (χ1v) is 7.19. The number of carbonyl (C=O) groups is 1. The summed E-state index contributed by atoms with van der Waals surface area (Å²) in [5.74, 6) is 0.207. The Morgan fingerprint density at radius 2 is 2.53 bits per heavy atom. The average molecular weight is 288 g/mol. The summed E-state index contributed by atoms with van der Waals surface area (Å²) in [5.41, 5.74) is 1.36. The van der Waals surface area contributed by atoms with E-state index < -0.39 is 0 Å². The predicted molar refractivity (Wildman–Crippen MR) is 66.6 cm³/mol. The summed E-state index contributed by atoms with van der Waals surface area (Å²) in [6.45, 7) is 3.02. The van der Waals surface area contributed by atoms with E-state index in [0.717, 1.165) is 19.4 Å². The zero-order valence-corrected chi connectivity index (χ0v) is 11.1. The van der Waals surface area contributed by atoms with Crippen molar-refractivity contribution in [2.75, 3.05) is 11.9 Å². The van der Waals surface area contributed by atoms with Crippen LogP contribution >= 0.6 is 27.3 Å². The van der Waals surface area contributed by atoms with E-state index in [2.05, 4.69) is 34.3 Å². The summed E-state index contributed by atoms with van der Waals surface area (Å²) in [5, 5.41) is 2.57. The molecule has 4 heteroatoms. The van der Waals surface area contributed by atoms with Gasteiger partial charge in [-0.25, -0.2) is 0 Å². The van der Waals surface area contributed by atoms with Crippen LogP contribution in [0.25, 0.3) is 0 Å². The van der Waals surface area contributed by atoms with Crippen molar-refractivity contribution in [3.63, 3.8) is 0 Å². The van der Waals surface area contributed by atoms with Crippen molar-refractivity contribution >= 4 is 33.2 Å². The fraction of sp³-hybridized carbons (Fsp3) is 0.545. The van der Waals surface area contributed by atoms with Crippen LogP contribution in [-0.2, 0) is 11.2 Å². The van der Waals surface area contributed by atoms with Crippen LogP contribution in [0.1, 0.15) is 29.8 Å². The lowest BCUT2D eigenvalue weighted by atomic mass is 9.98. The molecule has 0 radical (unpaired) electrons. The molecule has 0 fully saturated rings. The number of rotatable bonds is 2. The average Bonchev–Trinajstić information content (AvgIpc) is 2.74. The standard InChI is InChI=1S/C11H14BrNOS/c1-2-9-8-4-6-15-10(8)3-5-13(9)11(14)7-12/h4,6,9H,2-3,5,7H2,1H3. The zero-order valence-electron chi connectivity index (χ0n) is 8.70. The quantitative estimate of drug-likeness (QED) is 0.766. The molecule has 1 atom stereocenters. The molecular weight excluding hydrogens is 274 g/mol. The molecule has 1 unspecified atom stereocenters. The molecule has 1 amide bonds. The summed E-state index contributed by atoms with van der Waals surface area (Å²) >= 11 is 5.07. The first-order valence-electron chi connectivity index (χ1n) is 5.19. The highest BCUT2D eigenvalue weighted by Crippen LogP contribution is 2.35. The van der Waals surface area contributed by atoms with Crippen LogP contribution in [0.5, 0.6) is 0 Å². The van der Waals surface area contributed by atoms with Crippen LogP contribution in [-0.4, -0.2) is 22.7 Å². The normalized spacial score (nSPS) is 20.1. The van der Waals surface area contributed by atoms with Gasteiger partial charge < -0.3 is 4.90 Å². The molecule has 2 heterocycles. The van der Waals surface area contributed by atoms with Crippen LogP contribution in [0.15, 0.2) is 11.4 Å². The van der Waals surface area contributed by atoms with Crippen LogP contribution in [0.2, 0.25) is 0 Å². The van der Waals surface area contributed by atoms with Gasteiger partial charge in [-0.2, -0.15) is 0 Å². The molecule has 0 aliphatic carbocycles. The minimum absolute atomic E-state index is 0.207. The van der Waals surface area contributed by atoms with Crippen molar-refractivity contribution in [2.24, 2.45) is 0 Å². The molecular formula is C11H14BrNOS. The zero-order chi connectivity index (χ0) is 10.8. The van der Waals surface area contributed by atoms with E-state index in [1.165, 1.54) is 10.4 Å². The van der Waals surface area contributed by atoms with E-state index in [9.17, 15) is 4.79 Å². The van der Waals surface area contributed by atoms with Gasteiger partial charge in [0.15, 0.2) is 0 Å². The SMILES string of the molecule is CCC1c2ccsc2CCN1C(=O)CBr. The van der Waals surface area contributed by atoms with Crippen molar-refractivity contribution in [1.29, 1.82) is 0 Å². The minimum Gasteiger partial charge on any atom is -0.335 e. The van der Waals surface area contributed by atoms with E-state index in [0.29, 0.717) is 11.4 Å². The molecule has 1 aromatic rings. The molecule has 2 nitrogen and oxygen atoms in total. The smallest absolute Gasteiger partial charge is 0.233 e. The van der Waals surface area contributed by atoms with Gasteiger partial charge in [0.2, 0.25) is 5.91 Å². The maximum atomic E-state index is 11.8. The minimum atomic E-state index is 0.207. The van der Waals surface area contributed by atoms with E-state index in [1.54, 1.807) is 0 Å². The topological polar surface area (TPSA) is 20.3 Å². The van der Waals surface area contributed by atoms with E-state index in [1.807, 2.05) is 16.2 Å². The van der Waals surface area contributed by atoms with Crippen molar-refractivity contribution in [3.05, 3.63) is 21.9 Å². The highest BCUT2D eigenvalue weighted by atomic mass is 79.9. The third-order valence-electron chi connectivity index (χ3n) is 2.92. The number of thiophene rings is 1. The maximum Gasteiger partial charge on any atom is 0.233 e. The Hall–Kier alpha value is -0.350. The first kappa shape index (κ1) is 11.1. The number of hydrogen-bond donors (Lipinski definition) is 0. The lowest BCUT2D eigenvalue weighted by molar-refractivity contribution is -0.131. The predicted octanol–water partition coefficient (Wildman–Crippen LogP) is 2.98. The second-order valence-electron chi connectivity index (χ2n) is 3.69. The number of amides is 1. The van der Waals surface area contributed by atoms with Crippen molar-refractivity contribution in [3.8, 4) is 0 Å². The molecule has 0 bridgehead atoms. The third kappa shape index (κ3) is 1.97. The van der Waals surface area contributed by atoms with Gasteiger partial charge in [-0.3, -0.25) is 4.79 Å². The molecule has 0 spiro atoms. The third-order valence-corrected chi connectivity index (χ3v) is 4.39. The van der Waals surface area contributed by atoms with Gasteiger partial charge in [0.05, 0.1) is 11.4 Å². The largest absolute Gasteiger partial charge is 0.335 e. The highest BCUT2D eigenvalue weighted by molar-refractivity contribution is 9.09. The van der Waals surface area contributed by atoms with Gasteiger partial charge in [0.1, 0.15) is 0 Å². The number of hydrogen-bond acceptors (Lipinski definition) is 2. The molecule has 1 aliphatic heterocycles. The Kier molecular flexibility index (Phi) is 3.46. The van der Waals surface area contributed by atoms with Crippen LogP contribution in [0.3, 0.4) is 0 Å². The lowest BCUT2D eigenvalue weighted by Gasteiger charge is -2.35. The number of carbonyl (C=O) groups excluding carboxylic acids is 1. The molecule has 15 heavy (non-hydrogen) atoms. The summed E-state index contributed by atoms with van der Waals surface area (Å²) in [4.78, 5) is 15.2. The monoisotopic (exact) mass is 287 g/mol. The fourth-order valence-corrected chi connectivity index (χ4v) is 3.46. The van der Waals surface area contributed by atoms with Gasteiger partial charge in [0.25, 0.3) is 0 Å². The first-order chi connectivity index (χ1) is 7.27. The van der Waals surface area contributed by atoms with E-state index in [4.69, 9.17) is 0 Å². The number of alkyl halides is 1. The Bertz CT molecular complexity index is 363. The van der Waals surface area contributed by atoms with Gasteiger partial charge in [-0.05, 0) is 29.9 Å². The van der Waals surface area contributed by atoms with Gasteiger partial charge in [0, 0.05) is 11.4 Å². The number of fused-ring (bicyclic) bond motifs is 1. The van der Waals surface area contributed by atoms with Gasteiger partial charge >= 0.3 is 0 Å². The van der Waals surface area contributed by atoms with Gasteiger partial charge in [-0.1, -0.05) is 22.9 Å². The highest BCUT2D eigenvalue weighted by Gasteiger charge is 2.29. The number of nitrogens with zero attached hydrogens (tertiary/aromatic N) is 1. The fourth-order valence-electron chi connectivity index (χ4n) is 2.21. The Labute approximate surface area is 102 Å². The molecule has 1 aromatic heterocycles. The van der Waals surface area contributed by atoms with Crippen LogP contribution in [0.4, 0.5) is 0 Å². The summed E-state index contributed by atoms with van der Waals surface area (Å²) < 4.78 is 0. The Morgan fingerprint density at radius 3 is 3.20 bits per heavy atom. The molecule has 0 aromatic carbocycles. The van der Waals surface area contributed by atoms with Crippen LogP contribution < -0.4 is 0 Å². The summed E-state index contributed by atoms with van der Waals surface area (Å²) in [7, 11) is 0. The lowest BCUT2D eigenvalue weighted by Crippen LogP contribution is -2.39. The molecule has 0 saturated heterocycles. The molecule has 2 rings (SSSR count). The Morgan fingerprint density at radius 1 is 1.73 bits per heavy atom. The van der Waals surface area contributed by atoms with Crippen molar-refractivity contribution < 1.29 is 4.79 Å². The molecule has 0 saturated carbocycles. The maximum absolute atomic E-state index is 11.8. The summed E-state index contributed by atoms with van der Waals surface area (Å²) in [6.07, 6.45) is 2.02. The van der Waals surface area contributed by atoms with Crippen molar-refractivity contribution in [1.82, 2.24) is 4.90 Å². The van der Waals surface area contributed by atoms with Crippen LogP contribution in [0, 0.1) is 0 Å². The van der Waals surface area contributed by atoms with Gasteiger partial charge in [-0.15, -0.1) is 11.3 Å². The molecule has 1 aliphatic rings. The van der Waals surface area contributed by atoms with Crippen molar-refractivity contribution in [2.45, 2.75) is 25.8 Å². The second kappa shape index (κ2) is 4.66. The van der Waals surface area contributed by atoms with E-state index >= 15 is 0 Å². The number of halogens is 1. The summed E-state index contributed by atoms with van der Waals surface area (Å²) in [6, 6.07) is 2.46. The molecule has 0 N–H and O–H groups in total. The van der Waals surface area contributed by atoms with E-state index in [-0.39, 0.29) is 5.91 Å².